The number of nitrogens with two attached hydrogens (primary N) is 2. The van der Waals surface area contributed by atoms with Crippen LogP contribution in [0.25, 0.3) is 0 Å². The molecule has 2 heterocycles. The number of primary amides is 1. The van der Waals surface area contributed by atoms with Gasteiger partial charge in [0.2, 0.25) is 11.8 Å². The van der Waals surface area contributed by atoms with Gasteiger partial charge in [-0.2, -0.15) is 4.98 Å². The van der Waals surface area contributed by atoms with Gasteiger partial charge < -0.3 is 21.1 Å². The minimum atomic E-state index is -0.491. The molecular weight excluding hydrogens is 244 g/mol. The number of hydrogen-bond donors (Lipinski definition) is 2. The molecule has 19 heavy (non-hydrogen) atoms. The second kappa shape index (κ2) is 4.95. The minimum absolute atomic E-state index is 0.268. The lowest BCUT2D eigenvalue weighted by atomic mass is 9.89. The Balaban J connectivity index is 2.20. The van der Waals surface area contributed by atoms with E-state index in [9.17, 15) is 4.79 Å². The number of nitrogen functional groups attached to an aromatic ring is 1. The van der Waals surface area contributed by atoms with Crippen molar-refractivity contribution in [3.8, 4) is 5.88 Å². The highest BCUT2D eigenvalue weighted by atomic mass is 16.5. The maximum absolute atomic E-state index is 11.5. The zero-order chi connectivity index (χ0) is 14.0. The van der Waals surface area contributed by atoms with E-state index in [1.54, 1.807) is 6.07 Å². The summed E-state index contributed by atoms with van der Waals surface area (Å²) in [6, 6.07) is 3.61. The van der Waals surface area contributed by atoms with E-state index in [1.165, 1.54) is 0 Å². The molecule has 0 saturated carbocycles. The fourth-order valence-electron chi connectivity index (χ4n) is 2.23. The fraction of sp³-hybridized carbons (Fsp3) is 0.538. The highest BCUT2D eigenvalue weighted by Crippen LogP contribution is 2.33. The van der Waals surface area contributed by atoms with E-state index in [4.69, 9.17) is 16.2 Å². The van der Waals surface area contributed by atoms with E-state index in [2.05, 4.69) is 4.98 Å². The van der Waals surface area contributed by atoms with Crippen molar-refractivity contribution in [1.29, 1.82) is 0 Å². The van der Waals surface area contributed by atoms with Gasteiger partial charge in [-0.1, -0.05) is 0 Å². The number of aromatic nitrogens is 1. The molecule has 2 rings (SSSR count). The molecule has 1 unspecified atom stereocenters. The average Bonchev–Trinajstić information content (AvgIpc) is 2.76. The van der Waals surface area contributed by atoms with Crippen LogP contribution in [0, 0.1) is 5.41 Å². The first-order valence-electron chi connectivity index (χ1n) is 6.40. The van der Waals surface area contributed by atoms with Gasteiger partial charge in [0.25, 0.3) is 0 Å². The molecule has 1 aliphatic heterocycles. The topological polar surface area (TPSA) is 94.5 Å². The molecule has 0 bridgehead atoms. The van der Waals surface area contributed by atoms with Crippen LogP contribution in [0.2, 0.25) is 0 Å². The van der Waals surface area contributed by atoms with Crippen LogP contribution in [0.5, 0.6) is 5.88 Å². The number of pyridine rings is 1. The maximum atomic E-state index is 11.5. The average molecular weight is 264 g/mol. The molecule has 0 spiro atoms. The molecule has 0 aliphatic carbocycles. The van der Waals surface area contributed by atoms with Gasteiger partial charge in [0.05, 0.1) is 17.7 Å². The van der Waals surface area contributed by atoms with Gasteiger partial charge in [-0.3, -0.25) is 4.79 Å². The monoisotopic (exact) mass is 264 g/mol. The number of rotatable bonds is 4. The number of amides is 1. The first kappa shape index (κ1) is 13.5. The Kier molecular flexibility index (Phi) is 3.50. The number of nitrogens with zero attached hydrogens (tertiary/aromatic N) is 2. The summed E-state index contributed by atoms with van der Waals surface area (Å²) in [6.45, 7) is 5.61. The SMILES string of the molecule is CCOc1nc(N2CCC(C)(C(N)=O)C2)ccc1N. The number of anilines is 2. The van der Waals surface area contributed by atoms with Crippen LogP contribution >= 0.6 is 0 Å². The molecule has 104 valence electrons. The molecule has 1 aromatic heterocycles. The molecule has 1 amide bonds. The molecule has 1 atom stereocenters. The second-order valence-corrected chi connectivity index (χ2v) is 5.09. The quantitative estimate of drug-likeness (QED) is 0.837. The summed E-state index contributed by atoms with van der Waals surface area (Å²) in [6.07, 6.45) is 0.734. The summed E-state index contributed by atoms with van der Waals surface area (Å²) >= 11 is 0. The molecule has 4 N–H and O–H groups in total. The molecule has 6 heteroatoms. The van der Waals surface area contributed by atoms with Crippen molar-refractivity contribution in [1.82, 2.24) is 4.98 Å². The standard InChI is InChI=1S/C13H20N4O2/c1-3-19-11-9(14)4-5-10(16-11)17-7-6-13(2,8-17)12(15)18/h4-5H,3,6-8,14H2,1-2H3,(H2,15,18). The van der Waals surface area contributed by atoms with Gasteiger partial charge in [-0.25, -0.2) is 0 Å². The summed E-state index contributed by atoms with van der Waals surface area (Å²) in [5.41, 5.74) is 11.3. The predicted molar refractivity (Wildman–Crippen MR) is 73.9 cm³/mol. The normalized spacial score (nSPS) is 22.5. The zero-order valence-corrected chi connectivity index (χ0v) is 11.3. The van der Waals surface area contributed by atoms with Crippen LogP contribution < -0.4 is 21.1 Å². The Morgan fingerprint density at radius 3 is 2.89 bits per heavy atom. The number of hydrogen-bond acceptors (Lipinski definition) is 5. The summed E-state index contributed by atoms with van der Waals surface area (Å²) in [5, 5.41) is 0. The Morgan fingerprint density at radius 1 is 1.58 bits per heavy atom. The van der Waals surface area contributed by atoms with Crippen molar-refractivity contribution in [3.63, 3.8) is 0 Å². The Hall–Kier alpha value is -1.98. The molecule has 1 fully saturated rings. The van der Waals surface area contributed by atoms with E-state index in [1.807, 2.05) is 24.8 Å². The lowest BCUT2D eigenvalue weighted by molar-refractivity contribution is -0.125. The molecule has 1 saturated heterocycles. The molecule has 1 aliphatic rings. The number of carbonyl (C=O) groups is 1. The third-order valence-corrected chi connectivity index (χ3v) is 3.55. The van der Waals surface area contributed by atoms with E-state index in [-0.39, 0.29) is 5.91 Å². The van der Waals surface area contributed by atoms with Crippen LogP contribution in [-0.4, -0.2) is 30.6 Å². The number of ether oxygens (including phenoxy) is 1. The minimum Gasteiger partial charge on any atom is -0.476 e. The first-order valence-corrected chi connectivity index (χ1v) is 6.40. The van der Waals surface area contributed by atoms with E-state index >= 15 is 0 Å². The van der Waals surface area contributed by atoms with Crippen LogP contribution in [0.15, 0.2) is 12.1 Å². The van der Waals surface area contributed by atoms with Gasteiger partial charge in [0.15, 0.2) is 0 Å². The van der Waals surface area contributed by atoms with Gasteiger partial charge in [-0.05, 0) is 32.4 Å². The van der Waals surface area contributed by atoms with Crippen LogP contribution in [0.3, 0.4) is 0 Å². The third-order valence-electron chi connectivity index (χ3n) is 3.55. The van der Waals surface area contributed by atoms with Gasteiger partial charge in [-0.15, -0.1) is 0 Å². The van der Waals surface area contributed by atoms with Crippen LogP contribution in [-0.2, 0) is 4.79 Å². The molecular formula is C13H20N4O2. The highest BCUT2D eigenvalue weighted by molar-refractivity contribution is 5.82. The molecule has 0 aromatic carbocycles. The van der Waals surface area contributed by atoms with Crippen molar-refractivity contribution in [2.75, 3.05) is 30.3 Å². The first-order chi connectivity index (χ1) is 8.96. The maximum Gasteiger partial charge on any atom is 0.239 e. The summed E-state index contributed by atoms with van der Waals surface area (Å²) < 4.78 is 5.38. The predicted octanol–water partition coefficient (Wildman–Crippen LogP) is 0.764. The van der Waals surface area contributed by atoms with Gasteiger partial charge in [0, 0.05) is 13.1 Å². The van der Waals surface area contributed by atoms with Gasteiger partial charge in [0.1, 0.15) is 5.82 Å². The Labute approximate surface area is 112 Å². The summed E-state index contributed by atoms with van der Waals surface area (Å²) in [7, 11) is 0. The van der Waals surface area contributed by atoms with E-state index in [0.717, 1.165) is 18.8 Å². The highest BCUT2D eigenvalue weighted by Gasteiger charge is 2.39. The van der Waals surface area contributed by atoms with Crippen molar-refractivity contribution in [2.45, 2.75) is 20.3 Å². The lowest BCUT2D eigenvalue weighted by Gasteiger charge is -2.22. The molecule has 6 nitrogen and oxygen atoms in total. The molecule has 1 aromatic rings. The molecule has 0 radical (unpaired) electrons. The Bertz CT molecular complexity index is 492. The van der Waals surface area contributed by atoms with Gasteiger partial charge >= 0.3 is 0 Å². The van der Waals surface area contributed by atoms with Crippen LogP contribution in [0.1, 0.15) is 20.3 Å². The fourth-order valence-corrected chi connectivity index (χ4v) is 2.23. The van der Waals surface area contributed by atoms with Crippen molar-refractivity contribution in [3.05, 3.63) is 12.1 Å². The lowest BCUT2D eigenvalue weighted by Crippen LogP contribution is -2.37. The second-order valence-electron chi connectivity index (χ2n) is 5.09. The van der Waals surface area contributed by atoms with E-state index < -0.39 is 5.41 Å². The summed E-state index contributed by atoms with van der Waals surface area (Å²) in [5.74, 6) is 0.936. The van der Waals surface area contributed by atoms with Crippen molar-refractivity contribution >= 4 is 17.4 Å². The Morgan fingerprint density at radius 2 is 2.32 bits per heavy atom. The van der Waals surface area contributed by atoms with E-state index in [0.29, 0.717) is 24.7 Å². The summed E-state index contributed by atoms with van der Waals surface area (Å²) in [4.78, 5) is 17.9. The van der Waals surface area contributed by atoms with Crippen molar-refractivity contribution in [2.24, 2.45) is 11.1 Å². The number of carbonyl (C=O) groups excluding carboxylic acids is 1. The third kappa shape index (κ3) is 2.57. The van der Waals surface area contributed by atoms with Crippen LogP contribution in [0.4, 0.5) is 11.5 Å². The van der Waals surface area contributed by atoms with Crippen molar-refractivity contribution < 1.29 is 9.53 Å². The zero-order valence-electron chi connectivity index (χ0n) is 11.3. The smallest absolute Gasteiger partial charge is 0.239 e. The largest absolute Gasteiger partial charge is 0.476 e.